The number of carbonyl (C=O) groups is 3. The Morgan fingerprint density at radius 2 is 0.568 bits per heavy atom. The van der Waals surface area contributed by atoms with Crippen LogP contribution in [0.5, 0.6) is 0 Å². The minimum absolute atomic E-state index is 0.183. The number of carbonyl (C=O) groups excluding carboxylic acids is 2. The minimum atomic E-state index is -1.52. The molecule has 9 nitrogen and oxygen atoms in total. The van der Waals surface area contributed by atoms with Gasteiger partial charge in [-0.3, -0.25) is 9.59 Å². The maximum atomic E-state index is 13.0. The van der Waals surface area contributed by atoms with Crippen molar-refractivity contribution in [3.05, 3.63) is 146 Å². The topological polar surface area (TPSA) is 108 Å². The molecule has 0 aliphatic heterocycles. The molecule has 0 amide bonds. The summed E-state index contributed by atoms with van der Waals surface area (Å²) >= 11 is 0. The molecule has 0 aliphatic carbocycles. The van der Waals surface area contributed by atoms with Crippen LogP contribution in [0, 0.1) is 0 Å². The van der Waals surface area contributed by atoms with Gasteiger partial charge in [0.25, 0.3) is 6.29 Å². The lowest BCUT2D eigenvalue weighted by atomic mass is 10.0. The van der Waals surface area contributed by atoms with E-state index in [9.17, 15) is 19.5 Å². The van der Waals surface area contributed by atoms with E-state index in [-0.39, 0.29) is 32.2 Å². The van der Waals surface area contributed by atoms with E-state index < -0.39 is 24.3 Å². The van der Waals surface area contributed by atoms with Crippen molar-refractivity contribution < 1.29 is 42.9 Å². The van der Waals surface area contributed by atoms with Gasteiger partial charge >= 0.3 is 17.9 Å². The number of nitrogens with zero attached hydrogens (tertiary/aromatic N) is 1. The maximum Gasteiger partial charge on any atom is 0.361 e. The Morgan fingerprint density at radius 1 is 0.316 bits per heavy atom. The summed E-state index contributed by atoms with van der Waals surface area (Å²) in [5, 5.41) is 9.77. The second-order valence-electron chi connectivity index (χ2n) is 26.9. The smallest absolute Gasteiger partial charge is 0.361 e. The van der Waals surface area contributed by atoms with E-state index in [2.05, 4.69) is 160 Å². The summed E-state index contributed by atoms with van der Waals surface area (Å²) in [7, 11) is 5.98. The largest absolute Gasteiger partial charge is 0.477 e. The van der Waals surface area contributed by atoms with Crippen LogP contribution in [0.4, 0.5) is 0 Å². The summed E-state index contributed by atoms with van der Waals surface area (Å²) in [4.78, 5) is 37.7. The first-order valence-electron chi connectivity index (χ1n) is 39.0. The fourth-order valence-electron chi connectivity index (χ4n) is 10.7. The third kappa shape index (κ3) is 76.4. The van der Waals surface area contributed by atoms with Crippen molar-refractivity contribution in [1.82, 2.24) is 0 Å². The summed E-state index contributed by atoms with van der Waals surface area (Å²) in [5.74, 6) is -2.00. The molecule has 0 aromatic carbocycles. The summed E-state index contributed by atoms with van der Waals surface area (Å²) in [5.41, 5.74) is 0. The molecule has 0 spiro atoms. The standard InChI is InChI=1S/C86H145NO8/c1-6-8-10-12-14-16-18-20-22-24-26-28-30-32-34-36-38-40-41-42-43-45-47-49-51-53-55-57-59-61-63-65-67-69-71-73-75-77-84(89)95-82(81-94-86(85(90)91)92-79-78-87(3,4)5)80-93-83(88)76-74-72-70-68-66-64-62-60-58-56-54-52-50-48-46-44-39-37-35-33-31-29-27-25-23-21-19-17-15-13-11-9-7-2/h8-11,14-17,20-23,26-29,32,34,38,40,42-43,47,49,82,86H,6-7,12-13,18-19,24-25,30-31,33,35-37,39,41,44-46,48,50-81H2,1-5H3/p+1/b10-8-,11-9-,16-14-,17-15-,22-20-,23-21-,28-26-,29-27-,34-32-,40-38-,43-42-,49-47-. The first-order valence-corrected chi connectivity index (χ1v) is 39.0. The van der Waals surface area contributed by atoms with Gasteiger partial charge in [-0.15, -0.1) is 0 Å². The second-order valence-corrected chi connectivity index (χ2v) is 26.9. The van der Waals surface area contributed by atoms with E-state index in [1.54, 1.807) is 0 Å². The molecular weight excluding hydrogens is 1170 g/mol. The molecule has 0 heterocycles. The number of rotatable bonds is 71. The molecule has 9 heteroatoms. The summed E-state index contributed by atoms with van der Waals surface area (Å²) < 4.78 is 23.0. The van der Waals surface area contributed by atoms with E-state index >= 15 is 0 Å². The highest BCUT2D eigenvalue weighted by Gasteiger charge is 2.25. The van der Waals surface area contributed by atoms with Crippen molar-refractivity contribution in [2.45, 2.75) is 334 Å². The van der Waals surface area contributed by atoms with Crippen LogP contribution >= 0.6 is 0 Å². The number of ether oxygens (including phenoxy) is 4. The first kappa shape index (κ1) is 90.2. The maximum absolute atomic E-state index is 13.0. The van der Waals surface area contributed by atoms with Crippen LogP contribution in [-0.2, 0) is 33.3 Å². The number of unbranched alkanes of at least 4 members (excludes halogenated alkanes) is 32. The SMILES string of the molecule is CC/C=C\C/C=C\C/C=C\C/C=C\C/C=C\C/C=C\C/C=C\C/C=C\CCCCCCCCCCCCCCC(=O)OC(COC(=O)CCCCCCCCCCCCCCCCCCCCCC/C=C\C/C=C\C/C=C\C/C=C\CC)COC(OCC[N+](C)(C)C)C(=O)O. The molecule has 542 valence electrons. The zero-order valence-corrected chi connectivity index (χ0v) is 62.0. The molecule has 0 rings (SSSR count). The lowest BCUT2D eigenvalue weighted by Crippen LogP contribution is -2.40. The number of quaternary nitrogens is 1. The molecule has 1 N–H and O–H groups in total. The van der Waals surface area contributed by atoms with E-state index in [0.29, 0.717) is 23.9 Å². The third-order valence-corrected chi connectivity index (χ3v) is 16.6. The fraction of sp³-hybridized carbons (Fsp3) is 0.686. The molecule has 0 aliphatic rings. The number of likely N-dealkylation sites (N-methyl/N-ethyl adjacent to an activating group) is 1. The number of allylic oxidation sites excluding steroid dienone is 24. The average Bonchev–Trinajstić information content (AvgIpc) is 3.75. The van der Waals surface area contributed by atoms with Crippen LogP contribution < -0.4 is 0 Å². The van der Waals surface area contributed by atoms with Crippen molar-refractivity contribution in [2.24, 2.45) is 0 Å². The summed E-state index contributed by atoms with van der Waals surface area (Å²) in [6.07, 6.45) is 107. The van der Waals surface area contributed by atoms with Gasteiger partial charge in [0.15, 0.2) is 6.10 Å². The molecule has 0 saturated carbocycles. The third-order valence-electron chi connectivity index (χ3n) is 16.6. The van der Waals surface area contributed by atoms with Crippen molar-refractivity contribution in [2.75, 3.05) is 47.5 Å². The van der Waals surface area contributed by atoms with E-state index in [0.717, 1.165) is 116 Å². The van der Waals surface area contributed by atoms with Crippen LogP contribution in [0.15, 0.2) is 146 Å². The molecule has 0 aromatic rings. The average molecular weight is 1320 g/mol. The van der Waals surface area contributed by atoms with Crippen LogP contribution in [0.2, 0.25) is 0 Å². The zero-order valence-electron chi connectivity index (χ0n) is 62.0. The van der Waals surface area contributed by atoms with E-state index in [1.165, 1.54) is 173 Å². The molecule has 0 fully saturated rings. The van der Waals surface area contributed by atoms with Crippen molar-refractivity contribution in [1.29, 1.82) is 0 Å². The Morgan fingerprint density at radius 3 is 0.842 bits per heavy atom. The molecule has 0 radical (unpaired) electrons. The number of aliphatic carboxylic acids is 1. The highest BCUT2D eigenvalue weighted by Crippen LogP contribution is 2.18. The minimum Gasteiger partial charge on any atom is -0.477 e. The quantitative estimate of drug-likeness (QED) is 0.0211. The Hall–Kier alpha value is -4.83. The lowest BCUT2D eigenvalue weighted by molar-refractivity contribution is -0.870. The highest BCUT2D eigenvalue weighted by atomic mass is 16.7. The Labute approximate surface area is 585 Å². The molecule has 0 saturated heterocycles. The van der Waals surface area contributed by atoms with Crippen LogP contribution in [0.25, 0.3) is 0 Å². The first-order chi connectivity index (χ1) is 46.6. The summed E-state index contributed by atoms with van der Waals surface area (Å²) in [6.45, 7) is 4.67. The number of hydrogen-bond donors (Lipinski definition) is 1. The van der Waals surface area contributed by atoms with Crippen molar-refractivity contribution in [3.63, 3.8) is 0 Å². The van der Waals surface area contributed by atoms with E-state index in [1.807, 2.05) is 21.1 Å². The normalized spacial score (nSPS) is 13.5. The molecular formula is C86H146NO8+. The number of carboxylic acid groups (broad SMARTS) is 1. The molecule has 0 aromatic heterocycles. The van der Waals surface area contributed by atoms with Gasteiger partial charge in [0.2, 0.25) is 0 Å². The predicted molar refractivity (Wildman–Crippen MR) is 410 cm³/mol. The molecule has 2 unspecified atom stereocenters. The van der Waals surface area contributed by atoms with Gasteiger partial charge in [-0.25, -0.2) is 4.79 Å². The Kier molecular flexibility index (Phi) is 71.1. The van der Waals surface area contributed by atoms with Gasteiger partial charge in [0.05, 0.1) is 34.4 Å². The fourth-order valence-corrected chi connectivity index (χ4v) is 10.7. The molecule has 95 heavy (non-hydrogen) atoms. The molecule has 0 bridgehead atoms. The van der Waals surface area contributed by atoms with Gasteiger partial charge < -0.3 is 28.5 Å². The van der Waals surface area contributed by atoms with Crippen molar-refractivity contribution >= 4 is 17.9 Å². The van der Waals surface area contributed by atoms with Gasteiger partial charge in [-0.1, -0.05) is 339 Å². The van der Waals surface area contributed by atoms with Crippen LogP contribution in [-0.4, -0.2) is 87.4 Å². The number of carboxylic acids is 1. The van der Waals surface area contributed by atoms with Gasteiger partial charge in [-0.05, 0) is 116 Å². The molecule has 2 atom stereocenters. The predicted octanol–water partition coefficient (Wildman–Crippen LogP) is 25.0. The van der Waals surface area contributed by atoms with Gasteiger partial charge in [-0.2, -0.15) is 0 Å². The van der Waals surface area contributed by atoms with Crippen molar-refractivity contribution in [3.8, 4) is 0 Å². The van der Waals surface area contributed by atoms with Crippen LogP contribution in [0.1, 0.15) is 322 Å². The second kappa shape index (κ2) is 75.0. The van der Waals surface area contributed by atoms with Gasteiger partial charge in [0, 0.05) is 12.8 Å². The number of hydrogen-bond acceptors (Lipinski definition) is 7. The summed E-state index contributed by atoms with van der Waals surface area (Å²) in [6, 6.07) is 0. The van der Waals surface area contributed by atoms with Crippen LogP contribution in [0.3, 0.4) is 0 Å². The Bertz CT molecular complexity index is 2080. The zero-order chi connectivity index (χ0) is 69.0. The number of esters is 2. The Balaban J connectivity index is 4.07. The lowest BCUT2D eigenvalue weighted by Gasteiger charge is -2.25. The van der Waals surface area contributed by atoms with Gasteiger partial charge in [0.1, 0.15) is 13.2 Å². The monoisotopic (exact) mass is 1320 g/mol. The highest BCUT2D eigenvalue weighted by molar-refractivity contribution is 5.71. The van der Waals surface area contributed by atoms with E-state index in [4.69, 9.17) is 18.9 Å².